The molecule has 0 aliphatic heterocycles. The Hall–Kier alpha value is -9.18. The molecule has 2 heterocycles. The molecule has 69 heavy (non-hydrogen) atoms. The van der Waals surface area contributed by atoms with Gasteiger partial charge in [-0.2, -0.15) is 0 Å². The van der Waals surface area contributed by atoms with Gasteiger partial charge in [0.05, 0.1) is 22.4 Å². The first-order chi connectivity index (χ1) is 34.2. The van der Waals surface area contributed by atoms with Crippen molar-refractivity contribution in [3.63, 3.8) is 0 Å². The van der Waals surface area contributed by atoms with Crippen LogP contribution < -0.4 is 4.90 Å². The second-order valence-electron chi connectivity index (χ2n) is 17.7. The molecule has 11 aromatic carbocycles. The Labute approximate surface area is 401 Å². The highest BCUT2D eigenvalue weighted by Gasteiger charge is 2.21. The highest BCUT2D eigenvalue weighted by Crippen LogP contribution is 2.44. The average Bonchev–Trinajstić information content (AvgIpc) is 3.98. The fourth-order valence-electron chi connectivity index (χ4n) is 10.2. The summed E-state index contributed by atoms with van der Waals surface area (Å²) < 4.78 is 9.09. The molecular formula is C66H44N2O. The maximum Gasteiger partial charge on any atom is 0.159 e. The van der Waals surface area contributed by atoms with Crippen LogP contribution in [0, 0.1) is 0 Å². The molecule has 0 amide bonds. The molecule has 0 radical (unpaired) electrons. The van der Waals surface area contributed by atoms with Gasteiger partial charge in [-0.25, -0.2) is 0 Å². The highest BCUT2D eigenvalue weighted by molar-refractivity contribution is 6.12. The lowest BCUT2D eigenvalue weighted by molar-refractivity contribution is 0.669. The van der Waals surface area contributed by atoms with Gasteiger partial charge in [0.15, 0.2) is 5.58 Å². The number of hydrogen-bond donors (Lipinski definition) is 0. The van der Waals surface area contributed by atoms with Crippen LogP contribution in [0.25, 0.3) is 105 Å². The summed E-state index contributed by atoms with van der Waals surface area (Å²) in [7, 11) is 0. The lowest BCUT2D eigenvalue weighted by Gasteiger charge is -2.26. The summed E-state index contributed by atoms with van der Waals surface area (Å²) in [6.45, 7) is 0. The van der Waals surface area contributed by atoms with E-state index in [-0.39, 0.29) is 0 Å². The molecule has 0 aliphatic rings. The molecule has 0 saturated carbocycles. The number of furan rings is 1. The summed E-state index contributed by atoms with van der Waals surface area (Å²) in [5.74, 6) is 0. The van der Waals surface area contributed by atoms with E-state index in [0.29, 0.717) is 0 Å². The fraction of sp³-hybridized carbons (Fsp3) is 0. The largest absolute Gasteiger partial charge is 0.454 e. The number of fused-ring (bicyclic) bond motifs is 6. The Morgan fingerprint density at radius 2 is 0.710 bits per heavy atom. The van der Waals surface area contributed by atoms with Crippen LogP contribution in [0.4, 0.5) is 17.1 Å². The van der Waals surface area contributed by atoms with Crippen molar-refractivity contribution in [2.75, 3.05) is 4.90 Å². The summed E-state index contributed by atoms with van der Waals surface area (Å²) in [6, 6.07) is 96.0. The van der Waals surface area contributed by atoms with Gasteiger partial charge in [-0.3, -0.25) is 0 Å². The Morgan fingerprint density at radius 1 is 0.290 bits per heavy atom. The van der Waals surface area contributed by atoms with Crippen LogP contribution >= 0.6 is 0 Å². The Bertz CT molecular complexity index is 3870. The van der Waals surface area contributed by atoms with Crippen LogP contribution in [0.3, 0.4) is 0 Å². The normalized spacial score (nSPS) is 11.5. The van der Waals surface area contributed by atoms with Gasteiger partial charge in [-0.05, 0) is 105 Å². The van der Waals surface area contributed by atoms with Gasteiger partial charge in [0.2, 0.25) is 0 Å². The number of aromatic nitrogens is 1. The minimum atomic E-state index is 0.861. The third-order valence-electron chi connectivity index (χ3n) is 13.6. The van der Waals surface area contributed by atoms with Crippen molar-refractivity contribution in [2.45, 2.75) is 0 Å². The molecule has 0 aliphatic carbocycles. The zero-order valence-corrected chi connectivity index (χ0v) is 37.7. The molecule has 0 spiro atoms. The van der Waals surface area contributed by atoms with Crippen molar-refractivity contribution in [2.24, 2.45) is 0 Å². The lowest BCUT2D eigenvalue weighted by Crippen LogP contribution is -2.10. The van der Waals surface area contributed by atoms with Crippen LogP contribution in [-0.4, -0.2) is 4.57 Å². The molecule has 3 nitrogen and oxygen atoms in total. The summed E-state index contributed by atoms with van der Waals surface area (Å²) in [5.41, 5.74) is 20.1. The van der Waals surface area contributed by atoms with Crippen LogP contribution in [0.2, 0.25) is 0 Å². The Morgan fingerprint density at radius 3 is 1.28 bits per heavy atom. The van der Waals surface area contributed by atoms with Gasteiger partial charge < -0.3 is 13.9 Å². The second kappa shape index (κ2) is 16.9. The van der Waals surface area contributed by atoms with Gasteiger partial charge in [-0.15, -0.1) is 0 Å². The molecule has 0 atom stereocenters. The van der Waals surface area contributed by atoms with E-state index in [1.807, 2.05) is 12.1 Å². The number of anilines is 3. The molecule has 13 aromatic rings. The first kappa shape index (κ1) is 40.1. The molecule has 3 heteroatoms. The molecular weight excluding hydrogens is 837 g/mol. The van der Waals surface area contributed by atoms with Gasteiger partial charge in [-0.1, -0.05) is 212 Å². The Balaban J connectivity index is 0.884. The fourth-order valence-corrected chi connectivity index (χ4v) is 10.2. The van der Waals surface area contributed by atoms with E-state index in [4.69, 9.17) is 4.42 Å². The first-order valence-corrected chi connectivity index (χ1v) is 23.6. The third-order valence-corrected chi connectivity index (χ3v) is 13.6. The van der Waals surface area contributed by atoms with Crippen LogP contribution in [-0.2, 0) is 0 Å². The molecule has 0 bridgehead atoms. The van der Waals surface area contributed by atoms with Crippen molar-refractivity contribution in [1.82, 2.24) is 4.57 Å². The number of para-hydroxylation sites is 3. The van der Waals surface area contributed by atoms with Gasteiger partial charge >= 0.3 is 0 Å². The minimum absolute atomic E-state index is 0.861. The van der Waals surface area contributed by atoms with E-state index in [0.717, 1.165) is 61.4 Å². The summed E-state index contributed by atoms with van der Waals surface area (Å²) in [5, 5.41) is 4.67. The first-order valence-electron chi connectivity index (χ1n) is 23.6. The number of benzene rings is 11. The molecule has 2 aromatic heterocycles. The minimum Gasteiger partial charge on any atom is -0.454 e. The van der Waals surface area contributed by atoms with E-state index >= 15 is 0 Å². The molecule has 324 valence electrons. The second-order valence-corrected chi connectivity index (χ2v) is 17.7. The predicted molar refractivity (Wildman–Crippen MR) is 290 cm³/mol. The number of hydrogen-bond acceptors (Lipinski definition) is 2. The topological polar surface area (TPSA) is 21.3 Å². The van der Waals surface area contributed by atoms with E-state index in [9.17, 15) is 0 Å². The molecule has 0 saturated heterocycles. The molecule has 0 unspecified atom stereocenters. The van der Waals surface area contributed by atoms with Gasteiger partial charge in [0, 0.05) is 38.5 Å². The zero-order chi connectivity index (χ0) is 45.7. The van der Waals surface area contributed by atoms with Crippen molar-refractivity contribution < 1.29 is 4.42 Å². The molecule has 13 rings (SSSR count). The summed E-state index contributed by atoms with van der Waals surface area (Å²) in [6.07, 6.45) is 0. The summed E-state index contributed by atoms with van der Waals surface area (Å²) >= 11 is 0. The summed E-state index contributed by atoms with van der Waals surface area (Å²) in [4.78, 5) is 2.31. The van der Waals surface area contributed by atoms with E-state index in [1.165, 1.54) is 60.8 Å². The smallest absolute Gasteiger partial charge is 0.159 e. The quantitative estimate of drug-likeness (QED) is 0.144. The lowest BCUT2D eigenvalue weighted by atomic mass is 9.98. The van der Waals surface area contributed by atoms with E-state index < -0.39 is 0 Å². The average molecular weight is 881 g/mol. The van der Waals surface area contributed by atoms with E-state index in [2.05, 4.69) is 264 Å². The zero-order valence-electron chi connectivity index (χ0n) is 37.7. The van der Waals surface area contributed by atoms with Crippen LogP contribution in [0.5, 0.6) is 0 Å². The van der Waals surface area contributed by atoms with Crippen molar-refractivity contribution in [3.05, 3.63) is 267 Å². The van der Waals surface area contributed by atoms with E-state index in [1.54, 1.807) is 0 Å². The molecule has 0 N–H and O–H groups in total. The third kappa shape index (κ3) is 7.16. The highest BCUT2D eigenvalue weighted by atomic mass is 16.3. The van der Waals surface area contributed by atoms with Crippen LogP contribution in [0.1, 0.15) is 0 Å². The monoisotopic (exact) mass is 880 g/mol. The maximum atomic E-state index is 6.62. The standard InChI is InChI=1S/C66H44N2O/c1-4-15-45(16-5-1)49-31-37-54(38-32-49)67(62-25-14-23-60-59-22-11-13-26-65(59)69-66(60)62)55-39-33-50(34-40-55)48-27-29-51(30-28-48)56-21-10-12-24-61(56)68-63-43-52(46-17-6-2-7-18-46)35-41-57(63)58-42-36-53(44-64(58)68)47-19-8-3-9-20-47/h1-44H. The van der Waals surface area contributed by atoms with Gasteiger partial charge in [0.25, 0.3) is 0 Å². The SMILES string of the molecule is c1ccc(-c2ccc(N(c3ccc(-c4ccc(-c5ccccc5-n5c6cc(-c7ccccc7)ccc6c6ccc(-c7ccccc7)cc65)cc4)cc3)c3cccc4c3oc3ccccc34)cc2)cc1. The van der Waals surface area contributed by atoms with Crippen molar-refractivity contribution >= 4 is 60.8 Å². The predicted octanol–water partition coefficient (Wildman–Crippen LogP) is 18.5. The van der Waals surface area contributed by atoms with Crippen molar-refractivity contribution in [1.29, 1.82) is 0 Å². The van der Waals surface area contributed by atoms with Crippen molar-refractivity contribution in [3.8, 4) is 61.3 Å². The molecule has 0 fully saturated rings. The number of rotatable bonds is 9. The number of nitrogens with zero attached hydrogens (tertiary/aromatic N) is 2. The van der Waals surface area contributed by atoms with Crippen LogP contribution in [0.15, 0.2) is 271 Å². The van der Waals surface area contributed by atoms with Gasteiger partial charge in [0.1, 0.15) is 5.58 Å². The Kier molecular flexibility index (Phi) is 9.84. The maximum absolute atomic E-state index is 6.62.